The van der Waals surface area contributed by atoms with Gasteiger partial charge in [0.25, 0.3) is 0 Å². The van der Waals surface area contributed by atoms with Crippen LogP contribution in [0.4, 0.5) is 5.69 Å². The molecule has 1 aromatic heterocycles. The van der Waals surface area contributed by atoms with Gasteiger partial charge in [0.05, 0.1) is 17.6 Å². The van der Waals surface area contributed by atoms with E-state index in [1.165, 1.54) is 31.4 Å². The van der Waals surface area contributed by atoms with E-state index < -0.39 is 0 Å². The van der Waals surface area contributed by atoms with E-state index in [1.807, 2.05) is 6.20 Å². The van der Waals surface area contributed by atoms with Gasteiger partial charge in [-0.25, -0.2) is 0 Å². The van der Waals surface area contributed by atoms with Gasteiger partial charge in [-0.3, -0.25) is 4.98 Å². The lowest BCUT2D eigenvalue weighted by molar-refractivity contribution is 0.665. The van der Waals surface area contributed by atoms with Crippen molar-refractivity contribution in [1.82, 2.24) is 4.98 Å². The number of rotatable bonds is 9. The first-order valence-electron chi connectivity index (χ1n) is 7.69. The van der Waals surface area contributed by atoms with Crippen LogP contribution in [0, 0.1) is 0 Å². The van der Waals surface area contributed by atoms with Crippen molar-refractivity contribution in [1.29, 1.82) is 0 Å². The highest BCUT2D eigenvalue weighted by atomic mass is 15.1. The molecule has 2 N–H and O–H groups in total. The summed E-state index contributed by atoms with van der Waals surface area (Å²) in [6, 6.07) is 4.31. The van der Waals surface area contributed by atoms with Crippen molar-refractivity contribution in [2.24, 2.45) is 5.73 Å². The molecule has 1 aromatic rings. The Bertz CT molecular complexity index is 326. The fourth-order valence-electron chi connectivity index (χ4n) is 2.08. The van der Waals surface area contributed by atoms with Crippen LogP contribution in [0.15, 0.2) is 18.3 Å². The summed E-state index contributed by atoms with van der Waals surface area (Å²) in [6.07, 6.45) is 7.85. The number of hydrogen-bond donors (Lipinski definition) is 1. The van der Waals surface area contributed by atoms with Crippen molar-refractivity contribution >= 4 is 5.69 Å². The first-order chi connectivity index (χ1) is 9.22. The molecule has 1 unspecified atom stereocenters. The van der Waals surface area contributed by atoms with Crippen LogP contribution in [0.2, 0.25) is 0 Å². The highest BCUT2D eigenvalue weighted by Crippen LogP contribution is 2.18. The van der Waals surface area contributed by atoms with Crippen LogP contribution < -0.4 is 10.6 Å². The monoisotopic (exact) mass is 263 g/mol. The second-order valence-corrected chi connectivity index (χ2v) is 5.15. The van der Waals surface area contributed by atoms with Crippen LogP contribution in [-0.2, 0) is 0 Å². The summed E-state index contributed by atoms with van der Waals surface area (Å²) < 4.78 is 0. The Kier molecular flexibility index (Phi) is 7.49. The van der Waals surface area contributed by atoms with E-state index in [-0.39, 0.29) is 6.04 Å². The number of pyridine rings is 1. The third-order valence-corrected chi connectivity index (χ3v) is 3.52. The largest absolute Gasteiger partial charge is 0.370 e. The summed E-state index contributed by atoms with van der Waals surface area (Å²) in [5.41, 5.74) is 8.23. The fourth-order valence-corrected chi connectivity index (χ4v) is 2.08. The molecule has 0 aliphatic carbocycles. The van der Waals surface area contributed by atoms with Gasteiger partial charge in [0, 0.05) is 19.1 Å². The zero-order valence-corrected chi connectivity index (χ0v) is 12.7. The van der Waals surface area contributed by atoms with E-state index in [4.69, 9.17) is 5.73 Å². The molecule has 1 rings (SSSR count). The second kappa shape index (κ2) is 8.92. The zero-order valence-electron chi connectivity index (χ0n) is 12.7. The minimum Gasteiger partial charge on any atom is -0.370 e. The van der Waals surface area contributed by atoms with Gasteiger partial charge < -0.3 is 10.6 Å². The molecule has 0 bridgehead atoms. The molecule has 0 saturated carbocycles. The van der Waals surface area contributed by atoms with Crippen LogP contribution in [0.1, 0.15) is 64.6 Å². The second-order valence-electron chi connectivity index (χ2n) is 5.15. The van der Waals surface area contributed by atoms with Gasteiger partial charge in [-0.05, 0) is 31.4 Å². The van der Waals surface area contributed by atoms with Gasteiger partial charge in [0.1, 0.15) is 0 Å². The lowest BCUT2D eigenvalue weighted by Gasteiger charge is -2.24. The molecule has 0 aliphatic heterocycles. The number of aromatic nitrogens is 1. The number of anilines is 1. The summed E-state index contributed by atoms with van der Waals surface area (Å²) in [5.74, 6) is 0. The van der Waals surface area contributed by atoms with Crippen LogP contribution in [0.25, 0.3) is 0 Å². The number of nitrogens with two attached hydrogens (primary N) is 1. The summed E-state index contributed by atoms with van der Waals surface area (Å²) in [6.45, 7) is 8.81. The maximum atomic E-state index is 6.00. The summed E-state index contributed by atoms with van der Waals surface area (Å²) in [5, 5.41) is 0. The predicted molar refractivity (Wildman–Crippen MR) is 83.5 cm³/mol. The lowest BCUT2D eigenvalue weighted by Crippen LogP contribution is -2.25. The van der Waals surface area contributed by atoms with Crippen molar-refractivity contribution in [3.63, 3.8) is 0 Å². The predicted octanol–water partition coefficient (Wildman–Crippen LogP) is 3.90. The Balaban J connectivity index is 2.71. The minimum absolute atomic E-state index is 0.0637. The normalized spacial score (nSPS) is 12.4. The maximum Gasteiger partial charge on any atom is 0.0572 e. The van der Waals surface area contributed by atoms with Crippen LogP contribution in [0.3, 0.4) is 0 Å². The average molecular weight is 263 g/mol. The van der Waals surface area contributed by atoms with E-state index in [9.17, 15) is 0 Å². The van der Waals surface area contributed by atoms with Crippen molar-refractivity contribution in [2.45, 2.75) is 58.9 Å². The van der Waals surface area contributed by atoms with Crippen LogP contribution >= 0.6 is 0 Å². The van der Waals surface area contributed by atoms with E-state index >= 15 is 0 Å². The summed E-state index contributed by atoms with van der Waals surface area (Å²) in [7, 11) is 0. The molecule has 0 aliphatic rings. The molecule has 0 fully saturated rings. The summed E-state index contributed by atoms with van der Waals surface area (Å²) >= 11 is 0. The van der Waals surface area contributed by atoms with Crippen LogP contribution in [-0.4, -0.2) is 18.1 Å². The lowest BCUT2D eigenvalue weighted by atomic mass is 10.1. The third-order valence-electron chi connectivity index (χ3n) is 3.52. The SMILES string of the molecule is CCCCN(CCCC)c1ccc(C(N)CC)nc1. The Labute approximate surface area is 118 Å². The van der Waals surface area contributed by atoms with Crippen molar-refractivity contribution in [3.05, 3.63) is 24.0 Å². The molecular weight excluding hydrogens is 234 g/mol. The van der Waals surface area contributed by atoms with Gasteiger partial charge >= 0.3 is 0 Å². The Morgan fingerprint density at radius 2 is 1.74 bits per heavy atom. The van der Waals surface area contributed by atoms with Crippen molar-refractivity contribution < 1.29 is 0 Å². The number of hydrogen-bond acceptors (Lipinski definition) is 3. The van der Waals surface area contributed by atoms with E-state index in [1.54, 1.807) is 0 Å². The standard InChI is InChI=1S/C16H29N3/c1-4-7-11-19(12-8-5-2)14-9-10-16(18-13-14)15(17)6-3/h9-10,13,15H,4-8,11-12,17H2,1-3H3. The zero-order chi connectivity index (χ0) is 14.1. The molecular formula is C16H29N3. The van der Waals surface area contributed by atoms with Crippen molar-refractivity contribution in [3.8, 4) is 0 Å². The van der Waals surface area contributed by atoms with Gasteiger partial charge in [0.15, 0.2) is 0 Å². The Morgan fingerprint density at radius 3 is 2.16 bits per heavy atom. The molecule has 0 spiro atoms. The number of nitrogens with zero attached hydrogens (tertiary/aromatic N) is 2. The van der Waals surface area contributed by atoms with E-state index in [0.29, 0.717) is 0 Å². The van der Waals surface area contributed by atoms with Crippen LogP contribution in [0.5, 0.6) is 0 Å². The molecule has 3 heteroatoms. The molecule has 0 aromatic carbocycles. The van der Waals surface area contributed by atoms with E-state index in [0.717, 1.165) is 25.2 Å². The molecule has 19 heavy (non-hydrogen) atoms. The molecule has 3 nitrogen and oxygen atoms in total. The van der Waals surface area contributed by atoms with E-state index in [2.05, 4.69) is 42.8 Å². The molecule has 0 saturated heterocycles. The molecule has 0 radical (unpaired) electrons. The third kappa shape index (κ3) is 5.19. The summed E-state index contributed by atoms with van der Waals surface area (Å²) in [4.78, 5) is 6.97. The fraction of sp³-hybridized carbons (Fsp3) is 0.688. The minimum atomic E-state index is 0.0637. The van der Waals surface area contributed by atoms with Gasteiger partial charge in [-0.15, -0.1) is 0 Å². The molecule has 1 heterocycles. The topological polar surface area (TPSA) is 42.1 Å². The number of unbranched alkanes of at least 4 members (excludes halogenated alkanes) is 2. The quantitative estimate of drug-likeness (QED) is 0.734. The Morgan fingerprint density at radius 1 is 1.11 bits per heavy atom. The van der Waals surface area contributed by atoms with Crippen molar-refractivity contribution in [2.75, 3.05) is 18.0 Å². The first-order valence-corrected chi connectivity index (χ1v) is 7.69. The smallest absolute Gasteiger partial charge is 0.0572 e. The van der Waals surface area contributed by atoms with Gasteiger partial charge in [-0.2, -0.15) is 0 Å². The first kappa shape index (κ1) is 16.0. The van der Waals surface area contributed by atoms with Gasteiger partial charge in [-0.1, -0.05) is 33.6 Å². The highest BCUT2D eigenvalue weighted by Gasteiger charge is 2.08. The highest BCUT2D eigenvalue weighted by molar-refractivity contribution is 5.44. The molecule has 1 atom stereocenters. The average Bonchev–Trinajstić information content (AvgIpc) is 2.47. The molecule has 0 amide bonds. The Hall–Kier alpha value is -1.09. The molecule has 108 valence electrons. The van der Waals surface area contributed by atoms with Gasteiger partial charge in [0.2, 0.25) is 0 Å². The maximum absolute atomic E-state index is 6.00.